The number of hydrogen-bond acceptors (Lipinski definition) is 7. The minimum absolute atomic E-state index is 0.0747. The zero-order valence-electron chi connectivity index (χ0n) is 17.6. The Balaban J connectivity index is 1.37. The van der Waals surface area contributed by atoms with E-state index < -0.39 is 0 Å². The van der Waals surface area contributed by atoms with Gasteiger partial charge in [-0.2, -0.15) is 0 Å². The lowest BCUT2D eigenvalue weighted by molar-refractivity contribution is 0.208. The molecule has 3 heterocycles. The van der Waals surface area contributed by atoms with Crippen LogP contribution >= 0.6 is 11.8 Å². The average Bonchev–Trinajstić information content (AvgIpc) is 2.79. The van der Waals surface area contributed by atoms with E-state index in [1.807, 2.05) is 66.6 Å². The van der Waals surface area contributed by atoms with Crippen molar-refractivity contribution < 1.29 is 4.79 Å². The first-order chi connectivity index (χ1) is 15.1. The van der Waals surface area contributed by atoms with E-state index in [1.54, 1.807) is 18.0 Å². The van der Waals surface area contributed by atoms with Crippen molar-refractivity contribution in [2.24, 2.45) is 0 Å². The number of aromatic nitrogens is 3. The largest absolute Gasteiger partial charge is 0.353 e. The standard InChI is InChI=1S/C22H25N7OS/c1-16-24-20(27-19-8-3-4-9-23-19)15-21(25-16)28-10-12-29(13-11-28)22(30)26-17-6-5-7-18(14-17)31-2/h3-9,14-15H,10-13H2,1-2H3,(H,26,30)(H,23,24,25,27). The number of thioether (sulfide) groups is 1. The van der Waals surface area contributed by atoms with Crippen LogP contribution in [-0.2, 0) is 0 Å². The predicted molar refractivity (Wildman–Crippen MR) is 125 cm³/mol. The quantitative estimate of drug-likeness (QED) is 0.586. The summed E-state index contributed by atoms with van der Waals surface area (Å²) in [7, 11) is 0. The summed E-state index contributed by atoms with van der Waals surface area (Å²) in [5.74, 6) is 2.97. The maximum Gasteiger partial charge on any atom is 0.321 e. The van der Waals surface area contributed by atoms with Crippen LogP contribution in [0.1, 0.15) is 5.82 Å². The van der Waals surface area contributed by atoms with Crippen molar-refractivity contribution in [1.82, 2.24) is 19.9 Å². The molecular formula is C22H25N7OS. The van der Waals surface area contributed by atoms with Crippen LogP contribution in [0.15, 0.2) is 59.6 Å². The number of nitrogens with one attached hydrogen (secondary N) is 2. The number of benzene rings is 1. The topological polar surface area (TPSA) is 86.3 Å². The average molecular weight is 436 g/mol. The monoisotopic (exact) mass is 435 g/mol. The molecule has 0 atom stereocenters. The van der Waals surface area contributed by atoms with Gasteiger partial charge in [-0.15, -0.1) is 11.8 Å². The fraction of sp³-hybridized carbons (Fsp3) is 0.273. The molecule has 1 fully saturated rings. The van der Waals surface area contributed by atoms with E-state index >= 15 is 0 Å². The Morgan fingerprint density at radius 2 is 1.84 bits per heavy atom. The molecule has 0 unspecified atom stereocenters. The van der Waals surface area contributed by atoms with Gasteiger partial charge in [0.15, 0.2) is 0 Å². The fourth-order valence-electron chi connectivity index (χ4n) is 3.39. The van der Waals surface area contributed by atoms with E-state index in [0.717, 1.165) is 22.2 Å². The Morgan fingerprint density at radius 1 is 1.00 bits per heavy atom. The van der Waals surface area contributed by atoms with Crippen LogP contribution < -0.4 is 15.5 Å². The third kappa shape index (κ3) is 5.43. The first kappa shape index (κ1) is 20.9. The second-order valence-electron chi connectivity index (χ2n) is 7.13. The van der Waals surface area contributed by atoms with E-state index in [9.17, 15) is 4.79 Å². The van der Waals surface area contributed by atoms with E-state index in [1.165, 1.54) is 0 Å². The number of hydrogen-bond donors (Lipinski definition) is 2. The number of amides is 2. The van der Waals surface area contributed by atoms with Crippen molar-refractivity contribution in [2.45, 2.75) is 11.8 Å². The summed E-state index contributed by atoms with van der Waals surface area (Å²) in [5.41, 5.74) is 0.816. The van der Waals surface area contributed by atoms with E-state index in [4.69, 9.17) is 0 Å². The molecule has 31 heavy (non-hydrogen) atoms. The number of aryl methyl sites for hydroxylation is 1. The van der Waals surface area contributed by atoms with Gasteiger partial charge >= 0.3 is 6.03 Å². The molecule has 0 saturated carbocycles. The lowest BCUT2D eigenvalue weighted by Crippen LogP contribution is -2.50. The highest BCUT2D eigenvalue weighted by atomic mass is 32.2. The summed E-state index contributed by atoms with van der Waals surface area (Å²) in [5, 5.41) is 6.22. The van der Waals surface area contributed by atoms with Crippen molar-refractivity contribution in [3.05, 3.63) is 60.6 Å². The van der Waals surface area contributed by atoms with Crippen LogP contribution in [0, 0.1) is 6.92 Å². The van der Waals surface area contributed by atoms with Gasteiger partial charge in [-0.3, -0.25) is 0 Å². The Labute approximate surface area is 186 Å². The zero-order chi connectivity index (χ0) is 21.6. The molecule has 3 aromatic rings. The van der Waals surface area contributed by atoms with Crippen LogP contribution in [0.2, 0.25) is 0 Å². The molecule has 2 aromatic heterocycles. The van der Waals surface area contributed by atoms with Gasteiger partial charge in [0, 0.05) is 49.0 Å². The third-order valence-corrected chi connectivity index (χ3v) is 5.68. The number of rotatable bonds is 5. The number of anilines is 4. The molecule has 1 aliphatic rings. The Hall–Kier alpha value is -3.33. The molecule has 160 valence electrons. The number of carbonyl (C=O) groups is 1. The van der Waals surface area contributed by atoms with Crippen LogP contribution in [0.25, 0.3) is 0 Å². The summed E-state index contributed by atoms with van der Waals surface area (Å²) in [6.07, 6.45) is 3.76. The Morgan fingerprint density at radius 3 is 2.58 bits per heavy atom. The molecule has 2 N–H and O–H groups in total. The van der Waals surface area contributed by atoms with E-state index in [-0.39, 0.29) is 6.03 Å². The maximum atomic E-state index is 12.7. The van der Waals surface area contributed by atoms with Gasteiger partial charge in [-0.25, -0.2) is 19.7 Å². The lowest BCUT2D eigenvalue weighted by Gasteiger charge is -2.35. The van der Waals surface area contributed by atoms with Crippen molar-refractivity contribution in [3.8, 4) is 0 Å². The SMILES string of the molecule is CSc1cccc(NC(=O)N2CCN(c3cc(Nc4ccccn4)nc(C)n3)CC2)c1. The highest BCUT2D eigenvalue weighted by Gasteiger charge is 2.22. The molecule has 0 radical (unpaired) electrons. The van der Waals surface area contributed by atoms with E-state index in [0.29, 0.717) is 37.8 Å². The minimum atomic E-state index is -0.0747. The van der Waals surface area contributed by atoms with Gasteiger partial charge in [-0.05, 0) is 43.5 Å². The van der Waals surface area contributed by atoms with Crippen LogP contribution in [0.3, 0.4) is 0 Å². The maximum absolute atomic E-state index is 12.7. The highest BCUT2D eigenvalue weighted by Crippen LogP contribution is 2.22. The fourth-order valence-corrected chi connectivity index (χ4v) is 3.85. The summed E-state index contributed by atoms with van der Waals surface area (Å²) < 4.78 is 0. The van der Waals surface area contributed by atoms with Crippen molar-refractivity contribution in [3.63, 3.8) is 0 Å². The van der Waals surface area contributed by atoms with Gasteiger partial charge < -0.3 is 20.4 Å². The van der Waals surface area contributed by atoms with Gasteiger partial charge in [-0.1, -0.05) is 12.1 Å². The normalized spacial score (nSPS) is 13.7. The number of urea groups is 1. The lowest BCUT2D eigenvalue weighted by atomic mass is 10.3. The molecule has 0 spiro atoms. The summed E-state index contributed by atoms with van der Waals surface area (Å²) >= 11 is 1.65. The van der Waals surface area contributed by atoms with Crippen molar-refractivity contribution >= 4 is 40.9 Å². The smallest absolute Gasteiger partial charge is 0.321 e. The highest BCUT2D eigenvalue weighted by molar-refractivity contribution is 7.98. The Bertz CT molecular complexity index is 1040. The number of carbonyl (C=O) groups excluding carboxylic acids is 1. The molecule has 4 rings (SSSR count). The van der Waals surface area contributed by atoms with Gasteiger partial charge in [0.05, 0.1) is 0 Å². The summed E-state index contributed by atoms with van der Waals surface area (Å²) in [4.78, 5) is 31.1. The zero-order valence-corrected chi connectivity index (χ0v) is 18.4. The first-order valence-electron chi connectivity index (χ1n) is 10.1. The predicted octanol–water partition coefficient (Wildman–Crippen LogP) is 4.00. The molecular weight excluding hydrogens is 410 g/mol. The first-order valence-corrected chi connectivity index (χ1v) is 11.3. The third-order valence-electron chi connectivity index (χ3n) is 4.96. The molecule has 2 amide bonds. The van der Waals surface area contributed by atoms with Crippen LogP contribution in [0.5, 0.6) is 0 Å². The van der Waals surface area contributed by atoms with E-state index in [2.05, 4.69) is 30.5 Å². The molecule has 8 nitrogen and oxygen atoms in total. The molecule has 1 aliphatic heterocycles. The second kappa shape index (κ2) is 9.65. The molecule has 9 heteroatoms. The Kier molecular flexibility index (Phi) is 6.51. The summed E-state index contributed by atoms with van der Waals surface area (Å²) in [6.45, 7) is 4.54. The van der Waals surface area contributed by atoms with Crippen molar-refractivity contribution in [2.75, 3.05) is 48.0 Å². The van der Waals surface area contributed by atoms with Crippen molar-refractivity contribution in [1.29, 1.82) is 0 Å². The van der Waals surface area contributed by atoms with Gasteiger partial charge in [0.25, 0.3) is 0 Å². The molecule has 0 aliphatic carbocycles. The number of nitrogens with zero attached hydrogens (tertiary/aromatic N) is 5. The summed E-state index contributed by atoms with van der Waals surface area (Å²) in [6, 6.07) is 15.4. The van der Waals surface area contributed by atoms with Crippen LogP contribution in [-0.4, -0.2) is 58.3 Å². The minimum Gasteiger partial charge on any atom is -0.353 e. The van der Waals surface area contributed by atoms with Gasteiger partial charge in [0.2, 0.25) is 0 Å². The van der Waals surface area contributed by atoms with Gasteiger partial charge in [0.1, 0.15) is 23.3 Å². The van der Waals surface area contributed by atoms with Crippen LogP contribution in [0.4, 0.5) is 27.9 Å². The number of piperazine rings is 1. The second-order valence-corrected chi connectivity index (χ2v) is 8.01. The molecule has 1 aromatic carbocycles. The number of pyridine rings is 1. The molecule has 1 saturated heterocycles. The molecule has 0 bridgehead atoms.